The Balaban J connectivity index is 1.14. The average molecular weight is 409 g/mol. The Labute approximate surface area is 176 Å². The van der Waals surface area contributed by atoms with Crippen LogP contribution in [0.15, 0.2) is 36.8 Å². The molecule has 0 spiro atoms. The lowest BCUT2D eigenvalue weighted by Gasteiger charge is -2.39. The van der Waals surface area contributed by atoms with E-state index in [1.807, 2.05) is 11.0 Å². The molecule has 0 radical (unpaired) electrons. The molecule has 1 aromatic carbocycles. The second kappa shape index (κ2) is 8.47. The number of hydrogen-bond acceptors (Lipinski definition) is 7. The van der Waals surface area contributed by atoms with Crippen molar-refractivity contribution in [3.63, 3.8) is 0 Å². The number of ether oxygens (including phenoxy) is 2. The van der Waals surface area contributed by atoms with Crippen LogP contribution in [-0.4, -0.2) is 71.7 Å². The van der Waals surface area contributed by atoms with Gasteiger partial charge in [-0.2, -0.15) is 0 Å². The maximum atomic E-state index is 13.1. The third kappa shape index (κ3) is 4.05. The number of piperazine rings is 1. The fraction of sp³-hybridized carbons (Fsp3) is 0.500. The fourth-order valence-electron chi connectivity index (χ4n) is 4.52. The minimum atomic E-state index is 0.0427. The molecule has 5 rings (SSSR count). The van der Waals surface area contributed by atoms with Crippen LogP contribution in [-0.2, 0) is 11.3 Å². The van der Waals surface area contributed by atoms with E-state index in [0.717, 1.165) is 76.0 Å². The summed E-state index contributed by atoms with van der Waals surface area (Å²) >= 11 is 0. The van der Waals surface area contributed by atoms with Crippen molar-refractivity contribution in [1.82, 2.24) is 19.8 Å². The molecule has 1 aromatic heterocycles. The van der Waals surface area contributed by atoms with Crippen LogP contribution in [0.25, 0.3) is 0 Å². The number of carbonyl (C=O) groups excluding carboxylic acids is 1. The SMILES string of the molecule is O=C(C1CCCN(c2cnccn2)C1)N1CCN(Cc2ccc3c(c2)OCO3)CC1. The highest BCUT2D eigenvalue weighted by Gasteiger charge is 2.31. The van der Waals surface area contributed by atoms with E-state index in [0.29, 0.717) is 6.79 Å². The van der Waals surface area contributed by atoms with Gasteiger partial charge in [0, 0.05) is 58.2 Å². The zero-order chi connectivity index (χ0) is 20.3. The molecule has 0 aliphatic carbocycles. The Morgan fingerprint density at radius 1 is 1.07 bits per heavy atom. The summed E-state index contributed by atoms with van der Waals surface area (Å²) in [5.41, 5.74) is 1.21. The number of anilines is 1. The van der Waals surface area contributed by atoms with Crippen LogP contribution >= 0.6 is 0 Å². The Morgan fingerprint density at radius 2 is 1.93 bits per heavy atom. The van der Waals surface area contributed by atoms with Crippen molar-refractivity contribution < 1.29 is 14.3 Å². The molecule has 2 fully saturated rings. The average Bonchev–Trinajstić information content (AvgIpc) is 3.28. The van der Waals surface area contributed by atoms with Gasteiger partial charge in [0.25, 0.3) is 0 Å². The molecule has 8 nitrogen and oxygen atoms in total. The molecule has 0 saturated carbocycles. The van der Waals surface area contributed by atoms with E-state index in [2.05, 4.69) is 31.9 Å². The number of amides is 1. The first kappa shape index (κ1) is 19.1. The predicted octanol–water partition coefficient (Wildman–Crippen LogP) is 1.77. The maximum Gasteiger partial charge on any atom is 0.231 e. The van der Waals surface area contributed by atoms with Crippen molar-refractivity contribution in [1.29, 1.82) is 0 Å². The summed E-state index contributed by atoms with van der Waals surface area (Å²) in [7, 11) is 0. The van der Waals surface area contributed by atoms with Gasteiger partial charge in [0.15, 0.2) is 11.5 Å². The van der Waals surface area contributed by atoms with Crippen LogP contribution in [0.5, 0.6) is 11.5 Å². The molecule has 1 amide bonds. The van der Waals surface area contributed by atoms with Gasteiger partial charge in [-0.1, -0.05) is 6.07 Å². The molecule has 0 bridgehead atoms. The van der Waals surface area contributed by atoms with Crippen molar-refractivity contribution in [3.05, 3.63) is 42.4 Å². The second-order valence-corrected chi connectivity index (χ2v) is 8.14. The van der Waals surface area contributed by atoms with Crippen LogP contribution < -0.4 is 14.4 Å². The Hall–Kier alpha value is -2.87. The highest BCUT2D eigenvalue weighted by Crippen LogP contribution is 2.33. The molecular weight excluding hydrogens is 382 g/mol. The summed E-state index contributed by atoms with van der Waals surface area (Å²) in [6.45, 7) is 6.18. The first-order valence-electron chi connectivity index (χ1n) is 10.7. The number of nitrogens with zero attached hydrogens (tertiary/aromatic N) is 5. The monoisotopic (exact) mass is 409 g/mol. The minimum Gasteiger partial charge on any atom is -0.454 e. The number of fused-ring (bicyclic) bond motifs is 1. The molecule has 1 unspecified atom stereocenters. The zero-order valence-corrected chi connectivity index (χ0v) is 17.1. The van der Waals surface area contributed by atoms with Gasteiger partial charge in [0.1, 0.15) is 5.82 Å². The van der Waals surface area contributed by atoms with Crippen molar-refractivity contribution >= 4 is 11.7 Å². The molecule has 2 saturated heterocycles. The molecule has 2 aromatic rings. The van der Waals surface area contributed by atoms with E-state index in [1.54, 1.807) is 18.6 Å². The lowest BCUT2D eigenvalue weighted by Crippen LogP contribution is -2.52. The minimum absolute atomic E-state index is 0.0427. The Kier molecular flexibility index (Phi) is 5.40. The van der Waals surface area contributed by atoms with E-state index < -0.39 is 0 Å². The van der Waals surface area contributed by atoms with Crippen molar-refractivity contribution in [2.45, 2.75) is 19.4 Å². The Bertz CT molecular complexity index is 886. The lowest BCUT2D eigenvalue weighted by atomic mass is 9.96. The number of rotatable bonds is 4. The summed E-state index contributed by atoms with van der Waals surface area (Å²) in [5.74, 6) is 2.83. The number of carbonyl (C=O) groups is 1. The van der Waals surface area contributed by atoms with E-state index in [-0.39, 0.29) is 11.8 Å². The number of benzene rings is 1. The first-order valence-corrected chi connectivity index (χ1v) is 10.7. The Morgan fingerprint density at radius 3 is 2.77 bits per heavy atom. The van der Waals surface area contributed by atoms with E-state index in [4.69, 9.17) is 9.47 Å². The molecule has 3 aliphatic heterocycles. The first-order chi connectivity index (χ1) is 14.8. The third-order valence-corrected chi connectivity index (χ3v) is 6.17. The third-order valence-electron chi connectivity index (χ3n) is 6.17. The van der Waals surface area contributed by atoms with Gasteiger partial charge < -0.3 is 19.3 Å². The van der Waals surface area contributed by atoms with Gasteiger partial charge in [-0.25, -0.2) is 4.98 Å². The normalized spacial score (nSPS) is 21.7. The summed E-state index contributed by atoms with van der Waals surface area (Å²) in [6.07, 6.45) is 7.13. The van der Waals surface area contributed by atoms with Crippen molar-refractivity contribution in [3.8, 4) is 11.5 Å². The van der Waals surface area contributed by atoms with Crippen molar-refractivity contribution in [2.24, 2.45) is 5.92 Å². The van der Waals surface area contributed by atoms with Gasteiger partial charge in [-0.3, -0.25) is 14.7 Å². The summed E-state index contributed by atoms with van der Waals surface area (Å²) < 4.78 is 10.9. The van der Waals surface area contributed by atoms with Gasteiger partial charge in [0.2, 0.25) is 12.7 Å². The molecule has 8 heteroatoms. The van der Waals surface area contributed by atoms with Gasteiger partial charge in [0.05, 0.1) is 12.1 Å². The molecular formula is C22H27N5O3. The van der Waals surface area contributed by atoms with Crippen LogP contribution in [0, 0.1) is 5.92 Å². The molecule has 0 N–H and O–H groups in total. The smallest absolute Gasteiger partial charge is 0.231 e. The van der Waals surface area contributed by atoms with Crippen LogP contribution in [0.4, 0.5) is 5.82 Å². The summed E-state index contributed by atoms with van der Waals surface area (Å²) in [5, 5.41) is 0. The second-order valence-electron chi connectivity index (χ2n) is 8.14. The molecule has 4 heterocycles. The van der Waals surface area contributed by atoms with E-state index >= 15 is 0 Å². The van der Waals surface area contributed by atoms with Crippen molar-refractivity contribution in [2.75, 3.05) is 51.0 Å². The van der Waals surface area contributed by atoms with Gasteiger partial charge >= 0.3 is 0 Å². The maximum absolute atomic E-state index is 13.1. The summed E-state index contributed by atoms with van der Waals surface area (Å²) in [6, 6.07) is 6.13. The molecule has 158 valence electrons. The zero-order valence-electron chi connectivity index (χ0n) is 17.1. The molecule has 30 heavy (non-hydrogen) atoms. The highest BCUT2D eigenvalue weighted by molar-refractivity contribution is 5.80. The number of hydrogen-bond donors (Lipinski definition) is 0. The number of aromatic nitrogens is 2. The van der Waals surface area contributed by atoms with E-state index in [9.17, 15) is 4.79 Å². The quantitative estimate of drug-likeness (QED) is 0.762. The fourth-order valence-corrected chi connectivity index (χ4v) is 4.52. The van der Waals surface area contributed by atoms with Gasteiger partial charge in [-0.05, 0) is 30.5 Å². The molecule has 3 aliphatic rings. The standard InChI is InChI=1S/C22H27N5O3/c28-22(18-2-1-7-27(15-18)21-13-23-5-6-24-21)26-10-8-25(9-11-26)14-17-3-4-19-20(12-17)30-16-29-19/h3-6,12-13,18H,1-2,7-11,14-16H2. The van der Waals surface area contributed by atoms with E-state index in [1.165, 1.54) is 5.56 Å². The van der Waals surface area contributed by atoms with Crippen LogP contribution in [0.2, 0.25) is 0 Å². The summed E-state index contributed by atoms with van der Waals surface area (Å²) in [4.78, 5) is 28.3. The lowest BCUT2D eigenvalue weighted by molar-refractivity contribution is -0.137. The largest absolute Gasteiger partial charge is 0.454 e. The molecule has 1 atom stereocenters. The predicted molar refractivity (Wildman–Crippen MR) is 111 cm³/mol. The topological polar surface area (TPSA) is 71.0 Å². The van der Waals surface area contributed by atoms with Crippen LogP contribution in [0.1, 0.15) is 18.4 Å². The van der Waals surface area contributed by atoms with Crippen LogP contribution in [0.3, 0.4) is 0 Å². The highest BCUT2D eigenvalue weighted by atomic mass is 16.7. The number of piperidine rings is 1. The van der Waals surface area contributed by atoms with Gasteiger partial charge in [-0.15, -0.1) is 0 Å².